The van der Waals surface area contributed by atoms with E-state index in [-0.39, 0.29) is 6.61 Å². The minimum Gasteiger partial charge on any atom is -0.373 e. The summed E-state index contributed by atoms with van der Waals surface area (Å²) >= 11 is 0. The average molecular weight is 266 g/mol. The lowest BCUT2D eigenvalue weighted by Gasteiger charge is -2.14. The summed E-state index contributed by atoms with van der Waals surface area (Å²) in [6.07, 6.45) is 4.39. The number of hydrogen-bond acceptors (Lipinski definition) is 4. The predicted octanol–water partition coefficient (Wildman–Crippen LogP) is 1.07. The summed E-state index contributed by atoms with van der Waals surface area (Å²) in [4.78, 5) is 17.1. The van der Waals surface area contributed by atoms with E-state index in [9.17, 15) is 4.57 Å². The van der Waals surface area contributed by atoms with Crippen LogP contribution in [-0.2, 0) is 18.6 Å². The molecule has 0 aromatic heterocycles. The molecule has 0 bridgehead atoms. The van der Waals surface area contributed by atoms with Gasteiger partial charge in [-0.05, 0) is 31.6 Å². The summed E-state index contributed by atoms with van der Waals surface area (Å²) in [6.45, 7) is 1.81. The Morgan fingerprint density at radius 1 is 1.24 bits per heavy atom. The summed E-state index contributed by atoms with van der Waals surface area (Å²) in [6, 6.07) is 0. The number of phosphoric ester groups is 1. The maximum absolute atomic E-state index is 10.5. The van der Waals surface area contributed by atoms with Crippen LogP contribution in [0.15, 0.2) is 0 Å². The minimum absolute atomic E-state index is 0.109. The van der Waals surface area contributed by atoms with Crippen molar-refractivity contribution in [3.05, 3.63) is 0 Å². The molecule has 0 aliphatic carbocycles. The lowest BCUT2D eigenvalue weighted by atomic mass is 9.93. The highest BCUT2D eigenvalue weighted by atomic mass is 31.2. The van der Waals surface area contributed by atoms with E-state index in [1.54, 1.807) is 0 Å². The van der Waals surface area contributed by atoms with Crippen LogP contribution in [0.25, 0.3) is 0 Å². The highest BCUT2D eigenvalue weighted by Crippen LogP contribution is 2.36. The molecule has 100 valence electrons. The van der Waals surface area contributed by atoms with Gasteiger partial charge in [-0.3, -0.25) is 4.52 Å². The maximum atomic E-state index is 10.5. The van der Waals surface area contributed by atoms with Gasteiger partial charge in [0.05, 0.1) is 32.0 Å². The smallest absolute Gasteiger partial charge is 0.373 e. The van der Waals surface area contributed by atoms with Crippen molar-refractivity contribution in [3.8, 4) is 0 Å². The van der Waals surface area contributed by atoms with Gasteiger partial charge in [-0.25, -0.2) is 4.57 Å². The third kappa shape index (κ3) is 6.50. The van der Waals surface area contributed by atoms with Gasteiger partial charge in [0.1, 0.15) is 0 Å². The van der Waals surface area contributed by atoms with Crippen LogP contribution in [0.3, 0.4) is 0 Å². The molecule has 2 heterocycles. The maximum Gasteiger partial charge on any atom is 0.469 e. The summed E-state index contributed by atoms with van der Waals surface area (Å²) in [5.41, 5.74) is 0. The van der Waals surface area contributed by atoms with Crippen molar-refractivity contribution in [2.45, 2.75) is 37.9 Å². The van der Waals surface area contributed by atoms with Crippen LogP contribution < -0.4 is 0 Å². The molecule has 0 spiro atoms. The molecule has 2 rings (SSSR count). The Morgan fingerprint density at radius 3 is 2.18 bits per heavy atom. The largest absolute Gasteiger partial charge is 0.469 e. The lowest BCUT2D eigenvalue weighted by Crippen LogP contribution is -2.09. The van der Waals surface area contributed by atoms with Gasteiger partial charge in [0.2, 0.25) is 0 Å². The number of phosphoric acid groups is 1. The number of ether oxygens (including phenoxy) is 2. The molecular weight excluding hydrogens is 247 g/mol. The van der Waals surface area contributed by atoms with Crippen LogP contribution in [0.1, 0.15) is 25.7 Å². The van der Waals surface area contributed by atoms with Crippen LogP contribution in [0.5, 0.6) is 0 Å². The van der Waals surface area contributed by atoms with Gasteiger partial charge < -0.3 is 19.3 Å². The Kier molecular flexibility index (Phi) is 4.58. The van der Waals surface area contributed by atoms with Crippen LogP contribution in [0.4, 0.5) is 0 Å². The first-order chi connectivity index (χ1) is 8.03. The van der Waals surface area contributed by atoms with E-state index in [0.29, 0.717) is 24.5 Å². The Bertz CT molecular complexity index is 269. The number of hydrogen-bond donors (Lipinski definition) is 2. The van der Waals surface area contributed by atoms with E-state index in [0.717, 1.165) is 32.5 Å². The fourth-order valence-electron chi connectivity index (χ4n) is 2.04. The molecule has 0 saturated carbocycles. The van der Waals surface area contributed by atoms with Crippen molar-refractivity contribution < 1.29 is 28.3 Å². The standard InChI is InChI=1S/C10H19O6P/c11-17(12,13)16-3-1-2-8(4-9-6-14-9)5-10-7-15-10/h8-10H,1-7H2,(H2,11,12,13). The Hall–Kier alpha value is 0.0300. The van der Waals surface area contributed by atoms with E-state index in [1.807, 2.05) is 0 Å². The van der Waals surface area contributed by atoms with Gasteiger partial charge in [0.25, 0.3) is 0 Å². The second kappa shape index (κ2) is 5.78. The molecule has 0 radical (unpaired) electrons. The van der Waals surface area contributed by atoms with Gasteiger partial charge in [-0.1, -0.05) is 0 Å². The summed E-state index contributed by atoms with van der Waals surface area (Å²) in [7, 11) is -4.31. The first-order valence-corrected chi connectivity index (χ1v) is 7.49. The third-order valence-electron chi connectivity index (χ3n) is 3.01. The summed E-state index contributed by atoms with van der Waals surface area (Å²) < 4.78 is 25.3. The van der Waals surface area contributed by atoms with Gasteiger partial charge in [0.15, 0.2) is 0 Å². The molecule has 2 fully saturated rings. The fourth-order valence-corrected chi connectivity index (χ4v) is 2.41. The average Bonchev–Trinajstić information content (AvgIpc) is 3.05. The van der Waals surface area contributed by atoms with E-state index >= 15 is 0 Å². The van der Waals surface area contributed by atoms with Crippen molar-refractivity contribution in [1.29, 1.82) is 0 Å². The zero-order valence-electron chi connectivity index (χ0n) is 9.66. The highest BCUT2D eigenvalue weighted by molar-refractivity contribution is 7.46. The molecular formula is C10H19O6P. The predicted molar refractivity (Wildman–Crippen MR) is 59.4 cm³/mol. The molecule has 2 aliphatic heterocycles. The molecule has 7 heteroatoms. The SMILES string of the molecule is O=P(O)(O)OCCCC(CC1CO1)CC1CO1. The van der Waals surface area contributed by atoms with Crippen LogP contribution >= 0.6 is 7.82 Å². The van der Waals surface area contributed by atoms with Gasteiger partial charge in [-0.15, -0.1) is 0 Å². The van der Waals surface area contributed by atoms with Crippen molar-refractivity contribution >= 4 is 7.82 Å². The van der Waals surface area contributed by atoms with Gasteiger partial charge in [-0.2, -0.15) is 0 Å². The molecule has 0 aromatic carbocycles. The summed E-state index contributed by atoms with van der Waals surface area (Å²) in [5.74, 6) is 0.510. The zero-order valence-corrected chi connectivity index (χ0v) is 10.6. The number of rotatable bonds is 9. The molecule has 17 heavy (non-hydrogen) atoms. The molecule has 0 aromatic rings. The highest BCUT2D eigenvalue weighted by Gasteiger charge is 2.31. The quantitative estimate of drug-likeness (QED) is 0.368. The fraction of sp³-hybridized carbons (Fsp3) is 1.00. The van der Waals surface area contributed by atoms with E-state index < -0.39 is 7.82 Å². The summed E-state index contributed by atoms with van der Waals surface area (Å²) in [5, 5.41) is 0. The first kappa shape index (κ1) is 13.5. The molecule has 2 unspecified atom stereocenters. The monoisotopic (exact) mass is 266 g/mol. The van der Waals surface area contributed by atoms with Crippen molar-refractivity contribution in [3.63, 3.8) is 0 Å². The van der Waals surface area contributed by atoms with Crippen LogP contribution in [-0.4, -0.2) is 41.8 Å². The van der Waals surface area contributed by atoms with Crippen molar-refractivity contribution in [1.82, 2.24) is 0 Å². The molecule has 2 atom stereocenters. The van der Waals surface area contributed by atoms with Crippen molar-refractivity contribution in [2.24, 2.45) is 5.92 Å². The molecule has 6 nitrogen and oxygen atoms in total. The van der Waals surface area contributed by atoms with Crippen LogP contribution in [0.2, 0.25) is 0 Å². The van der Waals surface area contributed by atoms with Crippen LogP contribution in [0, 0.1) is 5.92 Å². The Labute approximate surface area is 100 Å². The van der Waals surface area contributed by atoms with Gasteiger partial charge in [0, 0.05) is 0 Å². The second-order valence-electron chi connectivity index (χ2n) is 4.71. The Morgan fingerprint density at radius 2 is 1.76 bits per heavy atom. The molecule has 2 saturated heterocycles. The topological polar surface area (TPSA) is 91.8 Å². The normalized spacial score (nSPS) is 29.1. The third-order valence-corrected chi connectivity index (χ3v) is 3.53. The molecule has 2 aliphatic rings. The zero-order chi connectivity index (χ0) is 12.3. The number of epoxide rings is 2. The molecule has 0 amide bonds. The lowest BCUT2D eigenvalue weighted by molar-refractivity contribution is 0.186. The van der Waals surface area contributed by atoms with Crippen molar-refractivity contribution in [2.75, 3.05) is 19.8 Å². The van der Waals surface area contributed by atoms with E-state index in [2.05, 4.69) is 4.52 Å². The van der Waals surface area contributed by atoms with E-state index in [1.165, 1.54) is 0 Å². The second-order valence-corrected chi connectivity index (χ2v) is 5.95. The van der Waals surface area contributed by atoms with E-state index in [4.69, 9.17) is 19.3 Å². The first-order valence-electron chi connectivity index (χ1n) is 5.96. The minimum atomic E-state index is -4.31. The Balaban J connectivity index is 1.59. The van der Waals surface area contributed by atoms with Gasteiger partial charge >= 0.3 is 7.82 Å². The molecule has 2 N–H and O–H groups in total.